The molecule has 0 saturated carbocycles. The van der Waals surface area contributed by atoms with Gasteiger partial charge in [0, 0.05) is 0 Å². The molecule has 0 spiro atoms. The van der Waals surface area contributed by atoms with Gasteiger partial charge in [0.05, 0.1) is 0 Å². The summed E-state index contributed by atoms with van der Waals surface area (Å²) in [5.41, 5.74) is -0.421. The van der Waals surface area contributed by atoms with Crippen LogP contribution in [0.5, 0.6) is 0 Å². The fourth-order valence-corrected chi connectivity index (χ4v) is 4.54. The van der Waals surface area contributed by atoms with Gasteiger partial charge in [0.2, 0.25) is 0 Å². The van der Waals surface area contributed by atoms with Crippen LogP contribution in [0.3, 0.4) is 0 Å². The summed E-state index contributed by atoms with van der Waals surface area (Å²) >= 11 is -0.105. The number of rotatable bonds is 3. The van der Waals surface area contributed by atoms with Crippen LogP contribution in [0.15, 0.2) is 30.3 Å². The molecule has 1 aliphatic rings. The Morgan fingerprint density at radius 2 is 2.05 bits per heavy atom. The monoisotopic (exact) mass is 327 g/mol. The molecule has 3 heteroatoms. The average molecular weight is 326 g/mol. The summed E-state index contributed by atoms with van der Waals surface area (Å²) in [7, 11) is 0. The van der Waals surface area contributed by atoms with Crippen molar-refractivity contribution >= 4 is 25.3 Å². The van der Waals surface area contributed by atoms with Crippen LogP contribution in [0.25, 0.3) is 0 Å². The Bertz CT molecular complexity index is 517. The average Bonchev–Trinajstić information content (AvgIpc) is 2.61. The van der Waals surface area contributed by atoms with Gasteiger partial charge >= 0.3 is 125 Å². The first-order valence-corrected chi connectivity index (χ1v) is 8.54. The van der Waals surface area contributed by atoms with Crippen LogP contribution in [0.1, 0.15) is 43.3 Å². The molecule has 1 amide bonds. The number of carbonyl (C=O) groups is 1. The molecule has 0 aliphatic carbocycles. The van der Waals surface area contributed by atoms with E-state index in [-0.39, 0.29) is 25.7 Å². The predicted molar refractivity (Wildman–Crippen MR) is 80.9 cm³/mol. The van der Waals surface area contributed by atoms with E-state index in [2.05, 4.69) is 0 Å². The van der Waals surface area contributed by atoms with Crippen LogP contribution in [0.4, 0.5) is 0 Å². The van der Waals surface area contributed by atoms with Crippen LogP contribution >= 0.6 is 0 Å². The normalized spacial score (nSPS) is 33.3. The molecule has 104 valence electrons. The summed E-state index contributed by atoms with van der Waals surface area (Å²) in [5.74, 6) is -0.0248. The third kappa shape index (κ3) is 3.21. The predicted octanol–water partition coefficient (Wildman–Crippen LogP) is 2.61. The first-order chi connectivity index (χ1) is 9.71. The summed E-state index contributed by atoms with van der Waals surface area (Å²) in [5, 5.41) is 0. The number of benzene rings is 1. The van der Waals surface area contributed by atoms with Crippen molar-refractivity contribution in [3.63, 3.8) is 0 Å². The number of hydrogen-bond acceptors (Lipinski definition) is 1. The minimum absolute atomic E-state index is 0.0248. The van der Waals surface area contributed by atoms with Gasteiger partial charge in [-0.2, -0.15) is 0 Å². The summed E-state index contributed by atoms with van der Waals surface area (Å²) in [6, 6.07) is 8.79. The van der Waals surface area contributed by atoms with Crippen molar-refractivity contribution in [1.82, 2.24) is 4.90 Å². The van der Waals surface area contributed by atoms with Gasteiger partial charge in [-0.1, -0.05) is 0 Å². The van der Waals surface area contributed by atoms with Gasteiger partial charge in [0.1, 0.15) is 0 Å². The maximum absolute atomic E-state index is 12.8. The van der Waals surface area contributed by atoms with Crippen LogP contribution in [-0.2, 0) is 4.79 Å². The van der Waals surface area contributed by atoms with Crippen molar-refractivity contribution in [1.29, 1.82) is 0 Å². The number of likely N-dealkylation sites (tertiary alicyclic amines) is 1. The van der Waals surface area contributed by atoms with Crippen molar-refractivity contribution in [3.05, 3.63) is 30.3 Å². The van der Waals surface area contributed by atoms with E-state index in [4.69, 9.17) is 2.74 Å². The molecule has 2 unspecified atom stereocenters. The quantitative estimate of drug-likeness (QED) is 0.782. The van der Waals surface area contributed by atoms with Crippen LogP contribution in [0, 0.1) is 0 Å². The van der Waals surface area contributed by atoms with Gasteiger partial charge < -0.3 is 0 Å². The Labute approximate surface area is 125 Å². The standard InChI is InChI=1S/C16H23NOSe/c1-5-12-11-14(15(18)17(12)16(2,3)4)19-13-9-7-6-8-10-13/h6-10,12,14H,5,11H2,1-4H3/t12-,14?/m0/s1/i11D,12D/t11?,12-,14?. The molecule has 1 saturated heterocycles. The van der Waals surface area contributed by atoms with Crippen LogP contribution < -0.4 is 4.46 Å². The summed E-state index contributed by atoms with van der Waals surface area (Å²) in [6.07, 6.45) is -0.194. The molecule has 3 atom stereocenters. The van der Waals surface area contributed by atoms with E-state index >= 15 is 0 Å². The van der Waals surface area contributed by atoms with Gasteiger partial charge in [0.15, 0.2) is 0 Å². The van der Waals surface area contributed by atoms with E-state index in [1.165, 1.54) is 0 Å². The Kier molecular flexibility index (Phi) is 3.59. The first kappa shape index (κ1) is 12.0. The van der Waals surface area contributed by atoms with Crippen molar-refractivity contribution < 1.29 is 7.54 Å². The first-order valence-electron chi connectivity index (χ1n) is 7.77. The van der Waals surface area contributed by atoms with Gasteiger partial charge in [-0.25, -0.2) is 0 Å². The minimum atomic E-state index is -1.11. The second kappa shape index (κ2) is 5.68. The zero-order valence-corrected chi connectivity index (χ0v) is 13.7. The van der Waals surface area contributed by atoms with E-state index in [9.17, 15) is 4.79 Å². The molecular formula is C16H23NOSe. The van der Waals surface area contributed by atoms with Crippen LogP contribution in [-0.4, -0.2) is 37.3 Å². The zero-order chi connectivity index (χ0) is 15.8. The zero-order valence-electron chi connectivity index (χ0n) is 14.0. The topological polar surface area (TPSA) is 20.3 Å². The van der Waals surface area contributed by atoms with Gasteiger partial charge in [-0.3, -0.25) is 0 Å². The third-order valence-corrected chi connectivity index (χ3v) is 5.52. The van der Waals surface area contributed by atoms with Gasteiger partial charge in [-0.15, -0.1) is 0 Å². The molecule has 1 aromatic carbocycles. The number of amides is 1. The van der Waals surface area contributed by atoms with E-state index in [0.29, 0.717) is 6.42 Å². The van der Waals surface area contributed by atoms with Crippen molar-refractivity contribution in [3.8, 4) is 0 Å². The SMILES string of the molecule is [2H]C1C([Se]c2ccccc2)C(=O)N(C(C)(C)C)[C@@]1([2H])CC. The molecule has 1 aromatic rings. The second-order valence-corrected chi connectivity index (χ2v) is 8.26. The molecule has 2 rings (SSSR count). The van der Waals surface area contributed by atoms with E-state index in [1.54, 1.807) is 4.90 Å². The second-order valence-electron chi connectivity index (χ2n) is 5.71. The van der Waals surface area contributed by atoms with E-state index in [1.807, 2.05) is 58.0 Å². The summed E-state index contributed by atoms with van der Waals surface area (Å²) in [4.78, 5) is 14.1. The molecule has 0 aromatic heterocycles. The Morgan fingerprint density at radius 1 is 1.42 bits per heavy atom. The van der Waals surface area contributed by atoms with Crippen LogP contribution in [0.2, 0.25) is 4.82 Å². The van der Waals surface area contributed by atoms with E-state index in [0.717, 1.165) is 4.46 Å². The molecule has 19 heavy (non-hydrogen) atoms. The fourth-order valence-electron chi connectivity index (χ4n) is 2.36. The summed E-state index contributed by atoms with van der Waals surface area (Å²) in [6.45, 7) is 7.76. The maximum atomic E-state index is 12.8. The van der Waals surface area contributed by atoms with Crippen molar-refractivity contribution in [2.24, 2.45) is 0 Å². The molecular weight excluding hydrogens is 301 g/mol. The molecule has 1 heterocycles. The molecule has 1 fully saturated rings. The van der Waals surface area contributed by atoms with Gasteiger partial charge in [-0.05, 0) is 0 Å². The van der Waals surface area contributed by atoms with Crippen molar-refractivity contribution in [2.45, 2.75) is 56.9 Å². The number of carbonyl (C=O) groups excluding carboxylic acids is 1. The number of hydrogen-bond donors (Lipinski definition) is 0. The van der Waals surface area contributed by atoms with Crippen molar-refractivity contribution in [2.75, 3.05) is 0 Å². The van der Waals surface area contributed by atoms with Gasteiger partial charge in [0.25, 0.3) is 0 Å². The molecule has 2 nitrogen and oxygen atoms in total. The molecule has 0 radical (unpaired) electrons. The third-order valence-electron chi connectivity index (χ3n) is 3.13. The fraction of sp³-hybridized carbons (Fsp3) is 0.562. The summed E-state index contributed by atoms with van der Waals surface area (Å²) < 4.78 is 18.3. The molecule has 1 aliphatic heterocycles. The molecule has 0 N–H and O–H groups in total. The Morgan fingerprint density at radius 3 is 2.53 bits per heavy atom. The Hall–Kier alpha value is -0.791. The Balaban J connectivity index is 2.34. The number of nitrogens with zero attached hydrogens (tertiary/aromatic N) is 1. The molecule has 0 bridgehead atoms. The van der Waals surface area contributed by atoms with E-state index < -0.39 is 18.0 Å².